The van der Waals surface area contributed by atoms with Crippen molar-refractivity contribution in [3.63, 3.8) is 0 Å². The number of piperidine rings is 1. The van der Waals surface area contributed by atoms with E-state index in [-0.39, 0.29) is 22.9 Å². The summed E-state index contributed by atoms with van der Waals surface area (Å²) < 4.78 is 28.0. The number of hydrogen-bond acceptors (Lipinski definition) is 5. The highest BCUT2D eigenvalue weighted by Gasteiger charge is 2.26. The van der Waals surface area contributed by atoms with Gasteiger partial charge in [-0.05, 0) is 49.1 Å². The third-order valence-corrected chi connectivity index (χ3v) is 7.94. The van der Waals surface area contributed by atoms with E-state index in [2.05, 4.69) is 12.2 Å². The first-order valence-electron chi connectivity index (χ1n) is 11.4. The average Bonchev–Trinajstić information content (AvgIpc) is 3.19. The molecule has 2 heterocycles. The first-order chi connectivity index (χ1) is 16.6. The van der Waals surface area contributed by atoms with Crippen molar-refractivity contribution in [2.75, 3.05) is 24.2 Å². The minimum Gasteiger partial charge on any atom is -0.366 e. The van der Waals surface area contributed by atoms with Crippen LogP contribution < -0.4 is 11.1 Å². The van der Waals surface area contributed by atoms with Gasteiger partial charge < -0.3 is 20.5 Å². The van der Waals surface area contributed by atoms with E-state index >= 15 is 0 Å². The summed E-state index contributed by atoms with van der Waals surface area (Å²) >= 11 is 0. The predicted octanol–water partition coefficient (Wildman–Crippen LogP) is 2.41. The largest absolute Gasteiger partial charge is 0.366 e. The molecule has 0 radical (unpaired) electrons. The van der Waals surface area contributed by atoms with Crippen molar-refractivity contribution < 1.29 is 22.8 Å². The number of sulfone groups is 1. The van der Waals surface area contributed by atoms with Gasteiger partial charge in [-0.2, -0.15) is 0 Å². The second kappa shape index (κ2) is 9.91. The van der Waals surface area contributed by atoms with E-state index in [1.165, 1.54) is 30.5 Å². The number of carbonyl (C=O) groups is 3. The molecule has 4 rings (SSSR count). The maximum Gasteiger partial charge on any atom is 0.248 e. The number of hydrogen-bond donors (Lipinski definition) is 2. The third-order valence-electron chi connectivity index (χ3n) is 6.30. The summed E-state index contributed by atoms with van der Waals surface area (Å²) in [7, 11) is -4.01. The zero-order chi connectivity index (χ0) is 25.2. The average molecular weight is 497 g/mol. The summed E-state index contributed by atoms with van der Waals surface area (Å²) in [5.41, 5.74) is 6.45. The lowest BCUT2D eigenvalue weighted by molar-refractivity contribution is -0.133. The van der Waals surface area contributed by atoms with E-state index in [1.54, 1.807) is 28.8 Å². The molecule has 0 atom stereocenters. The number of primary amides is 1. The number of nitrogens with zero attached hydrogens (tertiary/aromatic N) is 2. The number of para-hydroxylation sites is 1. The monoisotopic (exact) mass is 496 g/mol. The summed E-state index contributed by atoms with van der Waals surface area (Å²) in [5.74, 6) is -1.55. The van der Waals surface area contributed by atoms with Crippen LogP contribution in [0, 0.1) is 5.92 Å². The first-order valence-corrected chi connectivity index (χ1v) is 13.1. The third kappa shape index (κ3) is 5.54. The molecule has 2 aromatic carbocycles. The molecule has 10 heteroatoms. The molecule has 0 bridgehead atoms. The number of amides is 3. The molecule has 35 heavy (non-hydrogen) atoms. The second-order valence-corrected chi connectivity index (χ2v) is 10.9. The lowest BCUT2D eigenvalue weighted by Gasteiger charge is -2.30. The van der Waals surface area contributed by atoms with Crippen molar-refractivity contribution >= 4 is 44.1 Å². The minimum absolute atomic E-state index is 0.00685. The van der Waals surface area contributed by atoms with Gasteiger partial charge in [0.25, 0.3) is 0 Å². The minimum atomic E-state index is -4.01. The fourth-order valence-corrected chi connectivity index (χ4v) is 5.63. The highest BCUT2D eigenvalue weighted by atomic mass is 32.2. The van der Waals surface area contributed by atoms with Crippen molar-refractivity contribution in [2.24, 2.45) is 11.7 Å². The van der Waals surface area contributed by atoms with E-state index < -0.39 is 27.4 Å². The Morgan fingerprint density at radius 2 is 1.69 bits per heavy atom. The van der Waals surface area contributed by atoms with E-state index in [4.69, 9.17) is 5.73 Å². The topological polar surface area (TPSA) is 132 Å². The van der Waals surface area contributed by atoms with Gasteiger partial charge >= 0.3 is 0 Å². The molecular formula is C25H28N4O5S. The fourth-order valence-electron chi connectivity index (χ4n) is 4.26. The molecule has 9 nitrogen and oxygen atoms in total. The van der Waals surface area contributed by atoms with Crippen LogP contribution >= 0.6 is 0 Å². The number of aromatic nitrogens is 1. The molecule has 1 aliphatic rings. The number of nitrogens with two attached hydrogens (primary N) is 1. The Morgan fingerprint density at radius 3 is 2.34 bits per heavy atom. The quantitative estimate of drug-likeness (QED) is 0.519. The molecule has 0 unspecified atom stereocenters. The van der Waals surface area contributed by atoms with Gasteiger partial charge in [-0.1, -0.05) is 25.1 Å². The lowest BCUT2D eigenvalue weighted by Crippen LogP contribution is -2.39. The summed E-state index contributed by atoms with van der Waals surface area (Å²) in [6, 6.07) is 12.8. The Kier molecular flexibility index (Phi) is 6.93. The summed E-state index contributed by atoms with van der Waals surface area (Å²) in [4.78, 5) is 38.4. The van der Waals surface area contributed by atoms with Crippen LogP contribution in [0.4, 0.5) is 5.69 Å². The number of likely N-dealkylation sites (tertiary alicyclic amines) is 1. The van der Waals surface area contributed by atoms with Gasteiger partial charge in [0.2, 0.25) is 17.7 Å². The number of fused-ring (bicyclic) bond motifs is 1. The van der Waals surface area contributed by atoms with Crippen molar-refractivity contribution in [3.8, 4) is 0 Å². The first kappa shape index (κ1) is 24.5. The molecule has 0 aliphatic carbocycles. The maximum absolute atomic E-state index is 13.2. The smallest absolute Gasteiger partial charge is 0.248 e. The van der Waals surface area contributed by atoms with Gasteiger partial charge in [0.15, 0.2) is 9.84 Å². The summed E-state index contributed by atoms with van der Waals surface area (Å²) in [6.07, 6.45) is 3.36. The van der Waals surface area contributed by atoms with Crippen molar-refractivity contribution in [1.82, 2.24) is 9.47 Å². The SMILES string of the molecule is CC1CCN(C(=O)Cn2cc(S(=O)(=O)CC(=O)Nc3ccc(C(N)=O)cc3)c3ccccc32)CC1. The number of carbonyl (C=O) groups excluding carboxylic acids is 3. The number of benzene rings is 2. The maximum atomic E-state index is 13.2. The van der Waals surface area contributed by atoms with E-state index in [0.717, 1.165) is 12.8 Å². The normalized spacial score (nSPS) is 14.7. The standard InChI is InChI=1S/C25H28N4O5S/c1-17-10-12-28(13-11-17)24(31)15-29-14-22(20-4-2-3-5-21(20)29)35(33,34)16-23(30)27-19-8-6-18(7-9-19)25(26)32/h2-9,14,17H,10-13,15-16H2,1H3,(H2,26,32)(H,27,30). The molecular weight excluding hydrogens is 468 g/mol. The molecule has 1 aromatic heterocycles. The molecule has 0 saturated carbocycles. The van der Waals surface area contributed by atoms with Crippen LogP contribution in [0.5, 0.6) is 0 Å². The number of rotatable bonds is 7. The highest BCUT2D eigenvalue weighted by Crippen LogP contribution is 2.27. The Hall–Kier alpha value is -3.66. The predicted molar refractivity (Wildman–Crippen MR) is 133 cm³/mol. The van der Waals surface area contributed by atoms with Crippen LogP contribution in [-0.2, 0) is 26.0 Å². The Labute approximate surface area is 203 Å². The van der Waals surface area contributed by atoms with Crippen LogP contribution in [0.2, 0.25) is 0 Å². The van der Waals surface area contributed by atoms with E-state index in [9.17, 15) is 22.8 Å². The zero-order valence-corrected chi connectivity index (χ0v) is 20.3. The van der Waals surface area contributed by atoms with Crippen LogP contribution in [0.15, 0.2) is 59.6 Å². The van der Waals surface area contributed by atoms with Crippen LogP contribution in [0.3, 0.4) is 0 Å². The Balaban J connectivity index is 1.52. The highest BCUT2D eigenvalue weighted by molar-refractivity contribution is 7.92. The van der Waals surface area contributed by atoms with E-state index in [0.29, 0.717) is 35.6 Å². The molecule has 1 saturated heterocycles. The molecule has 3 amide bonds. The van der Waals surface area contributed by atoms with Crippen LogP contribution in [0.25, 0.3) is 10.9 Å². The molecule has 1 aliphatic heterocycles. The number of anilines is 1. The Morgan fingerprint density at radius 1 is 1.03 bits per heavy atom. The molecule has 1 fully saturated rings. The van der Waals surface area contributed by atoms with Crippen LogP contribution in [0.1, 0.15) is 30.1 Å². The van der Waals surface area contributed by atoms with Crippen molar-refractivity contribution in [3.05, 3.63) is 60.3 Å². The van der Waals surface area contributed by atoms with Crippen LogP contribution in [-0.4, -0.2) is 54.4 Å². The van der Waals surface area contributed by atoms with Gasteiger partial charge in [0.05, 0.1) is 4.90 Å². The van der Waals surface area contributed by atoms with E-state index in [1.807, 2.05) is 4.90 Å². The van der Waals surface area contributed by atoms with Gasteiger partial charge in [0.1, 0.15) is 12.3 Å². The molecule has 3 aromatic rings. The van der Waals surface area contributed by atoms with Gasteiger partial charge in [-0.25, -0.2) is 8.42 Å². The summed E-state index contributed by atoms with van der Waals surface area (Å²) in [6.45, 7) is 3.60. The fraction of sp³-hybridized carbons (Fsp3) is 0.320. The molecule has 3 N–H and O–H groups in total. The summed E-state index contributed by atoms with van der Waals surface area (Å²) in [5, 5.41) is 2.99. The van der Waals surface area contributed by atoms with Crippen molar-refractivity contribution in [2.45, 2.75) is 31.2 Å². The molecule has 0 spiro atoms. The van der Waals surface area contributed by atoms with Gasteiger partial charge in [-0.15, -0.1) is 0 Å². The lowest BCUT2D eigenvalue weighted by atomic mass is 9.99. The van der Waals surface area contributed by atoms with Gasteiger partial charge in [0, 0.05) is 41.4 Å². The van der Waals surface area contributed by atoms with Gasteiger partial charge in [-0.3, -0.25) is 14.4 Å². The van der Waals surface area contributed by atoms with Crippen molar-refractivity contribution in [1.29, 1.82) is 0 Å². The Bertz CT molecular complexity index is 1370. The second-order valence-electron chi connectivity index (χ2n) is 8.95. The molecule has 184 valence electrons. The number of nitrogens with one attached hydrogen (secondary N) is 1. The zero-order valence-electron chi connectivity index (χ0n) is 19.4.